The fraction of sp³-hybridized carbons (Fsp3) is 0.286. The van der Waals surface area contributed by atoms with Crippen LogP contribution in [-0.4, -0.2) is 29.2 Å². The van der Waals surface area contributed by atoms with E-state index < -0.39 is 0 Å². The number of amides is 3. The second-order valence-electron chi connectivity index (χ2n) is 6.76. The van der Waals surface area contributed by atoms with Crippen molar-refractivity contribution in [3.8, 4) is 0 Å². The maximum Gasteiger partial charge on any atom is 0.261 e. The number of carbonyl (C=O) groups is 3. The largest absolute Gasteiger partial charge is 0.326 e. The average molecular weight is 348 g/mol. The summed E-state index contributed by atoms with van der Waals surface area (Å²) in [5, 5.41) is 2.96. The van der Waals surface area contributed by atoms with Crippen LogP contribution in [0.5, 0.6) is 0 Å². The maximum atomic E-state index is 12.4. The first-order valence-corrected chi connectivity index (χ1v) is 9.01. The van der Waals surface area contributed by atoms with Gasteiger partial charge in [0.2, 0.25) is 5.91 Å². The fourth-order valence-corrected chi connectivity index (χ4v) is 3.77. The first kappa shape index (κ1) is 16.5. The Bertz CT molecular complexity index is 869. The van der Waals surface area contributed by atoms with Crippen molar-refractivity contribution in [1.82, 2.24) is 4.90 Å². The molecular weight excluding hydrogens is 328 g/mol. The highest BCUT2D eigenvalue weighted by Gasteiger charge is 2.35. The van der Waals surface area contributed by atoms with Crippen LogP contribution in [0.25, 0.3) is 0 Å². The zero-order valence-electron chi connectivity index (χ0n) is 14.5. The lowest BCUT2D eigenvalue weighted by Gasteiger charge is -2.20. The van der Waals surface area contributed by atoms with Crippen LogP contribution in [0.2, 0.25) is 0 Å². The number of hydrogen-bond acceptors (Lipinski definition) is 3. The molecule has 0 saturated heterocycles. The van der Waals surface area contributed by atoms with Crippen molar-refractivity contribution in [2.75, 3.05) is 11.9 Å². The number of benzene rings is 2. The summed E-state index contributed by atoms with van der Waals surface area (Å²) in [4.78, 5) is 38.2. The molecule has 5 heteroatoms. The van der Waals surface area contributed by atoms with Crippen LogP contribution in [0, 0.1) is 0 Å². The van der Waals surface area contributed by atoms with Gasteiger partial charge in [-0.2, -0.15) is 0 Å². The molecule has 4 rings (SSSR count). The predicted molar refractivity (Wildman–Crippen MR) is 98.1 cm³/mol. The van der Waals surface area contributed by atoms with Crippen molar-refractivity contribution < 1.29 is 14.4 Å². The lowest BCUT2D eigenvalue weighted by atomic mass is 9.90. The number of imide groups is 1. The quantitative estimate of drug-likeness (QED) is 0.863. The Morgan fingerprint density at radius 1 is 0.923 bits per heavy atom. The molecular formula is C21H20N2O3. The van der Waals surface area contributed by atoms with E-state index in [1.165, 1.54) is 17.5 Å². The summed E-state index contributed by atoms with van der Waals surface area (Å²) >= 11 is 0. The molecule has 0 aromatic heterocycles. The molecule has 1 N–H and O–H groups in total. The number of nitrogens with one attached hydrogen (secondary N) is 1. The number of hydrogen-bond donors (Lipinski definition) is 1. The topological polar surface area (TPSA) is 66.5 Å². The monoisotopic (exact) mass is 348 g/mol. The Balaban J connectivity index is 1.41. The van der Waals surface area contributed by atoms with Gasteiger partial charge >= 0.3 is 0 Å². The van der Waals surface area contributed by atoms with Crippen LogP contribution < -0.4 is 5.32 Å². The number of anilines is 1. The Labute approximate surface area is 152 Å². The van der Waals surface area contributed by atoms with Crippen molar-refractivity contribution in [2.24, 2.45) is 0 Å². The molecule has 5 nitrogen and oxygen atoms in total. The van der Waals surface area contributed by atoms with Crippen LogP contribution in [0.1, 0.15) is 51.1 Å². The molecule has 2 aromatic rings. The van der Waals surface area contributed by atoms with Gasteiger partial charge in [-0.15, -0.1) is 0 Å². The van der Waals surface area contributed by atoms with Gasteiger partial charge in [0, 0.05) is 18.7 Å². The molecule has 0 fully saturated rings. The standard InChI is InChI=1S/C21H20N2O3/c24-19(22-18-11-5-7-14-6-1-2-8-15(14)18)12-13-23-20(25)16-9-3-4-10-17(16)21(23)26/h3-5,7,9-11H,1-2,6,8,12-13H2,(H,22,24). The van der Waals surface area contributed by atoms with Gasteiger partial charge in [-0.05, 0) is 55.0 Å². The summed E-state index contributed by atoms with van der Waals surface area (Å²) in [6, 6.07) is 12.8. The van der Waals surface area contributed by atoms with Gasteiger partial charge < -0.3 is 5.32 Å². The van der Waals surface area contributed by atoms with E-state index in [9.17, 15) is 14.4 Å². The van der Waals surface area contributed by atoms with Crippen molar-refractivity contribution >= 4 is 23.4 Å². The number of carbonyl (C=O) groups excluding carboxylic acids is 3. The SMILES string of the molecule is O=C(CCN1C(=O)c2ccccc2C1=O)Nc1cccc2c1CCCC2. The highest BCUT2D eigenvalue weighted by atomic mass is 16.2. The van der Waals surface area contributed by atoms with E-state index in [2.05, 4.69) is 11.4 Å². The third kappa shape index (κ3) is 2.90. The zero-order valence-corrected chi connectivity index (χ0v) is 14.5. The third-order valence-electron chi connectivity index (χ3n) is 5.11. The van der Waals surface area contributed by atoms with Gasteiger partial charge in [-0.3, -0.25) is 19.3 Å². The van der Waals surface area contributed by atoms with E-state index in [0.29, 0.717) is 11.1 Å². The smallest absolute Gasteiger partial charge is 0.261 e. The van der Waals surface area contributed by atoms with Gasteiger partial charge in [0.1, 0.15) is 0 Å². The molecule has 1 heterocycles. The molecule has 1 aliphatic carbocycles. The van der Waals surface area contributed by atoms with Gasteiger partial charge in [-0.25, -0.2) is 0 Å². The Kier molecular flexibility index (Phi) is 4.29. The number of aryl methyl sites for hydroxylation is 1. The van der Waals surface area contributed by atoms with Crippen molar-refractivity contribution in [3.63, 3.8) is 0 Å². The van der Waals surface area contributed by atoms with Crippen LogP contribution >= 0.6 is 0 Å². The van der Waals surface area contributed by atoms with Crippen LogP contribution in [0.15, 0.2) is 42.5 Å². The minimum atomic E-state index is -0.324. The summed E-state index contributed by atoms with van der Waals surface area (Å²) in [6.07, 6.45) is 4.44. The van der Waals surface area contributed by atoms with E-state index >= 15 is 0 Å². The van der Waals surface area contributed by atoms with Crippen molar-refractivity contribution in [2.45, 2.75) is 32.1 Å². The molecule has 3 amide bonds. The Morgan fingerprint density at radius 3 is 2.35 bits per heavy atom. The molecule has 0 atom stereocenters. The van der Waals surface area contributed by atoms with Crippen molar-refractivity contribution in [3.05, 3.63) is 64.7 Å². The molecule has 1 aliphatic heterocycles. The van der Waals surface area contributed by atoms with Gasteiger partial charge in [0.05, 0.1) is 11.1 Å². The van der Waals surface area contributed by atoms with E-state index in [1.807, 2.05) is 12.1 Å². The van der Waals surface area contributed by atoms with Crippen LogP contribution in [0.3, 0.4) is 0 Å². The summed E-state index contributed by atoms with van der Waals surface area (Å²) in [6.45, 7) is 0.0905. The summed E-state index contributed by atoms with van der Waals surface area (Å²) in [5.74, 6) is -0.827. The summed E-state index contributed by atoms with van der Waals surface area (Å²) in [5.41, 5.74) is 4.20. The Morgan fingerprint density at radius 2 is 1.62 bits per heavy atom. The number of rotatable bonds is 4. The van der Waals surface area contributed by atoms with Crippen molar-refractivity contribution in [1.29, 1.82) is 0 Å². The lowest BCUT2D eigenvalue weighted by Crippen LogP contribution is -2.33. The number of nitrogens with zero attached hydrogens (tertiary/aromatic N) is 1. The fourth-order valence-electron chi connectivity index (χ4n) is 3.77. The molecule has 0 radical (unpaired) electrons. The maximum absolute atomic E-state index is 12.4. The normalized spacial score (nSPS) is 15.6. The molecule has 2 aliphatic rings. The minimum absolute atomic E-state index is 0.0905. The lowest BCUT2D eigenvalue weighted by molar-refractivity contribution is -0.116. The second-order valence-corrected chi connectivity index (χ2v) is 6.76. The van der Waals surface area contributed by atoms with E-state index in [0.717, 1.165) is 29.8 Å². The molecule has 132 valence electrons. The number of fused-ring (bicyclic) bond motifs is 2. The van der Waals surface area contributed by atoms with E-state index in [-0.39, 0.29) is 30.7 Å². The second kappa shape index (κ2) is 6.75. The molecule has 0 saturated carbocycles. The highest BCUT2D eigenvalue weighted by Crippen LogP contribution is 2.28. The third-order valence-corrected chi connectivity index (χ3v) is 5.11. The predicted octanol–water partition coefficient (Wildman–Crippen LogP) is 3.19. The zero-order chi connectivity index (χ0) is 18.1. The molecule has 0 spiro atoms. The minimum Gasteiger partial charge on any atom is -0.326 e. The molecule has 0 bridgehead atoms. The highest BCUT2D eigenvalue weighted by molar-refractivity contribution is 6.21. The first-order valence-electron chi connectivity index (χ1n) is 9.01. The average Bonchev–Trinajstić information content (AvgIpc) is 2.91. The van der Waals surface area contributed by atoms with E-state index in [4.69, 9.17) is 0 Å². The van der Waals surface area contributed by atoms with Gasteiger partial charge in [0.25, 0.3) is 11.8 Å². The van der Waals surface area contributed by atoms with Gasteiger partial charge in [0.15, 0.2) is 0 Å². The van der Waals surface area contributed by atoms with Crippen LogP contribution in [0.4, 0.5) is 5.69 Å². The molecule has 2 aromatic carbocycles. The molecule has 26 heavy (non-hydrogen) atoms. The first-order chi connectivity index (χ1) is 12.6. The van der Waals surface area contributed by atoms with Gasteiger partial charge in [-0.1, -0.05) is 24.3 Å². The summed E-state index contributed by atoms with van der Waals surface area (Å²) in [7, 11) is 0. The Hall–Kier alpha value is -2.95. The molecule has 0 unspecified atom stereocenters. The van der Waals surface area contributed by atoms with Crippen LogP contribution in [-0.2, 0) is 17.6 Å². The summed E-state index contributed by atoms with van der Waals surface area (Å²) < 4.78 is 0. The van der Waals surface area contributed by atoms with E-state index in [1.54, 1.807) is 24.3 Å².